The molecule has 0 bridgehead atoms. The lowest BCUT2D eigenvalue weighted by Crippen LogP contribution is -2.41. The molecule has 1 fully saturated rings. The second-order valence-corrected chi connectivity index (χ2v) is 7.96. The van der Waals surface area contributed by atoms with Crippen LogP contribution in [0.1, 0.15) is 24.0 Å². The zero-order valence-corrected chi connectivity index (χ0v) is 17.5. The third-order valence-electron chi connectivity index (χ3n) is 5.03. The van der Waals surface area contributed by atoms with Gasteiger partial charge in [-0.3, -0.25) is 4.79 Å². The van der Waals surface area contributed by atoms with E-state index in [1.165, 1.54) is 11.6 Å². The summed E-state index contributed by atoms with van der Waals surface area (Å²) in [5.41, 5.74) is 1.98. The Bertz CT molecular complexity index is 875. The predicted octanol–water partition coefficient (Wildman–Crippen LogP) is 5.03. The highest BCUT2D eigenvalue weighted by atomic mass is 35.5. The lowest BCUT2D eigenvalue weighted by molar-refractivity contribution is -0.148. The Balaban J connectivity index is 1.40. The molecule has 0 spiro atoms. The molecule has 1 saturated heterocycles. The fourth-order valence-corrected chi connectivity index (χ4v) is 3.87. The van der Waals surface area contributed by atoms with Crippen LogP contribution in [0.3, 0.4) is 0 Å². The summed E-state index contributed by atoms with van der Waals surface area (Å²) >= 11 is 11.9. The van der Waals surface area contributed by atoms with Gasteiger partial charge in [-0.25, -0.2) is 4.79 Å². The molecule has 0 N–H and O–H groups in total. The number of nitrogens with zero attached hydrogens (tertiary/aromatic N) is 1. The molecule has 0 atom stereocenters. The van der Waals surface area contributed by atoms with Crippen LogP contribution in [0.4, 0.5) is 0 Å². The van der Waals surface area contributed by atoms with E-state index in [9.17, 15) is 9.59 Å². The van der Waals surface area contributed by atoms with Crippen molar-refractivity contribution in [3.63, 3.8) is 0 Å². The number of benzene rings is 2. The summed E-state index contributed by atoms with van der Waals surface area (Å²) < 4.78 is 5.08. The van der Waals surface area contributed by atoms with Crippen molar-refractivity contribution in [3.8, 4) is 0 Å². The number of hydrogen-bond acceptors (Lipinski definition) is 3. The molecule has 1 aliphatic rings. The minimum absolute atomic E-state index is 0.158. The summed E-state index contributed by atoms with van der Waals surface area (Å²) in [6.45, 7) is 1.15. The second-order valence-electron chi connectivity index (χ2n) is 7.12. The summed E-state index contributed by atoms with van der Waals surface area (Å²) in [7, 11) is 0. The average Bonchev–Trinajstić information content (AvgIpc) is 2.72. The summed E-state index contributed by atoms with van der Waals surface area (Å²) in [6, 6.07) is 15.4. The molecule has 29 heavy (non-hydrogen) atoms. The molecular weight excluding hydrogens is 409 g/mol. The first kappa shape index (κ1) is 21.4. The van der Waals surface area contributed by atoms with Gasteiger partial charge in [0.1, 0.15) is 0 Å². The number of ether oxygens (including phenoxy) is 1. The summed E-state index contributed by atoms with van der Waals surface area (Å²) in [6.07, 6.45) is 5.76. The van der Waals surface area contributed by atoms with Crippen molar-refractivity contribution in [2.24, 2.45) is 5.92 Å². The van der Waals surface area contributed by atoms with Crippen LogP contribution in [-0.2, 0) is 20.7 Å². The van der Waals surface area contributed by atoms with E-state index in [0.29, 0.717) is 34.6 Å². The molecule has 1 aliphatic heterocycles. The zero-order valence-electron chi connectivity index (χ0n) is 16.0. The molecule has 1 amide bonds. The molecular formula is C23H23Cl2NO3. The SMILES string of the molecule is O=C(/C=C/c1ccc(Cl)cc1Cl)OCC(=O)N1CCC(Cc2ccccc2)CC1. The van der Waals surface area contributed by atoms with Crippen molar-refractivity contribution >= 4 is 41.2 Å². The highest BCUT2D eigenvalue weighted by molar-refractivity contribution is 6.35. The van der Waals surface area contributed by atoms with E-state index in [1.807, 2.05) is 6.07 Å². The first-order chi connectivity index (χ1) is 14.0. The zero-order chi connectivity index (χ0) is 20.6. The maximum absolute atomic E-state index is 12.3. The number of carbonyl (C=O) groups excluding carboxylic acids is 2. The molecule has 0 saturated carbocycles. The predicted molar refractivity (Wildman–Crippen MR) is 116 cm³/mol. The van der Waals surface area contributed by atoms with Gasteiger partial charge in [0.2, 0.25) is 0 Å². The number of esters is 1. The van der Waals surface area contributed by atoms with Crippen LogP contribution >= 0.6 is 23.2 Å². The largest absolute Gasteiger partial charge is 0.452 e. The van der Waals surface area contributed by atoms with Gasteiger partial charge in [-0.15, -0.1) is 0 Å². The van der Waals surface area contributed by atoms with Crippen molar-refractivity contribution in [1.29, 1.82) is 0 Å². The Labute approximate surface area is 181 Å². The molecule has 3 rings (SSSR count). The van der Waals surface area contributed by atoms with Gasteiger partial charge >= 0.3 is 5.97 Å². The van der Waals surface area contributed by atoms with Gasteiger partial charge in [-0.2, -0.15) is 0 Å². The number of carbonyl (C=O) groups is 2. The third-order valence-corrected chi connectivity index (χ3v) is 5.60. The minimum atomic E-state index is -0.580. The first-order valence-electron chi connectivity index (χ1n) is 9.63. The molecule has 0 aliphatic carbocycles. The lowest BCUT2D eigenvalue weighted by atomic mass is 9.90. The number of likely N-dealkylation sites (tertiary alicyclic amines) is 1. The molecule has 0 unspecified atom stereocenters. The molecule has 0 radical (unpaired) electrons. The Hall–Kier alpha value is -2.30. The van der Waals surface area contributed by atoms with Crippen molar-refractivity contribution in [1.82, 2.24) is 4.90 Å². The van der Waals surface area contributed by atoms with Gasteiger partial charge < -0.3 is 9.64 Å². The Morgan fingerprint density at radius 2 is 1.79 bits per heavy atom. The van der Waals surface area contributed by atoms with E-state index < -0.39 is 5.97 Å². The van der Waals surface area contributed by atoms with Crippen molar-refractivity contribution in [2.75, 3.05) is 19.7 Å². The molecule has 1 heterocycles. The Morgan fingerprint density at radius 3 is 2.48 bits per heavy atom. The Kier molecular flexibility index (Phi) is 7.73. The number of halogens is 2. The van der Waals surface area contributed by atoms with Gasteiger partial charge in [0.15, 0.2) is 6.61 Å². The van der Waals surface area contributed by atoms with Gasteiger partial charge in [-0.05, 0) is 54.5 Å². The normalized spacial score (nSPS) is 14.9. The van der Waals surface area contributed by atoms with Gasteiger partial charge in [-0.1, -0.05) is 59.6 Å². The standard InChI is InChI=1S/C23H23Cl2NO3/c24-20-8-6-19(21(25)15-20)7-9-23(28)29-16-22(27)26-12-10-18(11-13-26)14-17-4-2-1-3-5-17/h1-9,15,18H,10-14,16H2/b9-7+. The van der Waals surface area contributed by atoms with Crippen LogP contribution in [-0.4, -0.2) is 36.5 Å². The minimum Gasteiger partial charge on any atom is -0.452 e. The van der Waals surface area contributed by atoms with Crippen molar-refractivity contribution < 1.29 is 14.3 Å². The maximum Gasteiger partial charge on any atom is 0.331 e. The molecule has 6 heteroatoms. The molecule has 4 nitrogen and oxygen atoms in total. The molecule has 0 aromatic heterocycles. The topological polar surface area (TPSA) is 46.6 Å². The summed E-state index contributed by atoms with van der Waals surface area (Å²) in [4.78, 5) is 26.0. The first-order valence-corrected chi connectivity index (χ1v) is 10.4. The number of piperidine rings is 1. The van der Waals surface area contributed by atoms with Gasteiger partial charge in [0, 0.05) is 29.2 Å². The van der Waals surface area contributed by atoms with Crippen LogP contribution < -0.4 is 0 Å². The van der Waals surface area contributed by atoms with Crippen LogP contribution in [0.5, 0.6) is 0 Å². The van der Waals surface area contributed by atoms with Crippen molar-refractivity contribution in [3.05, 3.63) is 75.8 Å². The number of rotatable bonds is 6. The van der Waals surface area contributed by atoms with E-state index in [1.54, 1.807) is 29.2 Å². The number of hydrogen-bond donors (Lipinski definition) is 0. The average molecular weight is 432 g/mol. The lowest BCUT2D eigenvalue weighted by Gasteiger charge is -2.32. The van der Waals surface area contributed by atoms with E-state index in [4.69, 9.17) is 27.9 Å². The summed E-state index contributed by atoms with van der Waals surface area (Å²) in [5.74, 6) is -0.158. The van der Waals surface area contributed by atoms with Crippen LogP contribution in [0.15, 0.2) is 54.6 Å². The molecule has 2 aromatic carbocycles. The third kappa shape index (κ3) is 6.62. The molecule has 152 valence electrons. The fraction of sp³-hybridized carbons (Fsp3) is 0.304. The number of amides is 1. The van der Waals surface area contributed by atoms with Gasteiger partial charge in [0.05, 0.1) is 0 Å². The molecule has 2 aromatic rings. The summed E-state index contributed by atoms with van der Waals surface area (Å²) in [5, 5.41) is 0.962. The fourth-order valence-electron chi connectivity index (χ4n) is 3.40. The van der Waals surface area contributed by atoms with Crippen LogP contribution in [0.25, 0.3) is 6.08 Å². The van der Waals surface area contributed by atoms with Crippen LogP contribution in [0.2, 0.25) is 10.0 Å². The highest BCUT2D eigenvalue weighted by Gasteiger charge is 2.23. The van der Waals surface area contributed by atoms with Gasteiger partial charge in [0.25, 0.3) is 5.91 Å². The monoisotopic (exact) mass is 431 g/mol. The van der Waals surface area contributed by atoms with Crippen molar-refractivity contribution in [2.45, 2.75) is 19.3 Å². The van der Waals surface area contributed by atoms with E-state index >= 15 is 0 Å². The second kappa shape index (κ2) is 10.5. The smallest absolute Gasteiger partial charge is 0.331 e. The maximum atomic E-state index is 12.3. The Morgan fingerprint density at radius 1 is 1.07 bits per heavy atom. The highest BCUT2D eigenvalue weighted by Crippen LogP contribution is 2.23. The van der Waals surface area contributed by atoms with E-state index in [2.05, 4.69) is 24.3 Å². The quantitative estimate of drug-likeness (QED) is 0.475. The van der Waals surface area contributed by atoms with Crippen LogP contribution in [0, 0.1) is 5.92 Å². The van der Waals surface area contributed by atoms with E-state index in [-0.39, 0.29) is 12.5 Å². The van der Waals surface area contributed by atoms with E-state index in [0.717, 1.165) is 19.3 Å².